The molecule has 1 rings (SSSR count). The third-order valence-electron chi connectivity index (χ3n) is 5.52. The number of unbranched alkanes of at least 4 members (excludes halogenated alkanes) is 5. The van der Waals surface area contributed by atoms with Crippen molar-refractivity contribution in [3.63, 3.8) is 0 Å². The van der Waals surface area contributed by atoms with Crippen molar-refractivity contribution in [2.24, 2.45) is 0 Å². The zero-order valence-corrected chi connectivity index (χ0v) is 22.7. The van der Waals surface area contributed by atoms with Gasteiger partial charge in [-0.1, -0.05) is 69.4 Å². The van der Waals surface area contributed by atoms with Crippen LogP contribution < -0.4 is 10.6 Å². The number of hydrogen-bond acceptors (Lipinski definition) is 7. The van der Waals surface area contributed by atoms with Gasteiger partial charge in [0.1, 0.15) is 24.2 Å². The second-order valence-electron chi connectivity index (χ2n) is 9.79. The lowest BCUT2D eigenvalue weighted by Gasteiger charge is -2.34. The summed E-state index contributed by atoms with van der Waals surface area (Å²) in [6.07, 6.45) is 4.90. The lowest BCUT2D eigenvalue weighted by molar-refractivity contribution is -0.145. The lowest BCUT2D eigenvalue weighted by atomic mass is 10.0. The van der Waals surface area contributed by atoms with Crippen LogP contribution in [0.15, 0.2) is 30.3 Å². The molecule has 10 heteroatoms. The van der Waals surface area contributed by atoms with Crippen LogP contribution in [0.3, 0.4) is 0 Å². The standard InChI is InChI=1S/C27H43N3O7/c1-6-7-8-9-10-14-17-30(25(34)21(19-31)29-26(35)37-27(2,3)4)23(20-15-12-11-13-16-20)24(33)28-18-22(32)36-5/h11-13,15-16,21,23,31H,6-10,14,17-19H2,1-5H3,(H,28,33)(H,29,35). The predicted octanol–water partition coefficient (Wildman–Crippen LogP) is 3.09. The van der Waals surface area contributed by atoms with Gasteiger partial charge in [-0.15, -0.1) is 0 Å². The molecule has 0 heterocycles. The van der Waals surface area contributed by atoms with E-state index in [0.29, 0.717) is 12.0 Å². The average molecular weight is 522 g/mol. The summed E-state index contributed by atoms with van der Waals surface area (Å²) < 4.78 is 9.86. The molecule has 0 aliphatic rings. The van der Waals surface area contributed by atoms with Crippen molar-refractivity contribution in [2.45, 2.75) is 83.9 Å². The number of ether oxygens (including phenoxy) is 2. The molecule has 0 aliphatic heterocycles. The van der Waals surface area contributed by atoms with Crippen molar-refractivity contribution < 1.29 is 33.8 Å². The van der Waals surface area contributed by atoms with Crippen molar-refractivity contribution in [2.75, 3.05) is 26.8 Å². The first-order chi connectivity index (χ1) is 17.5. The summed E-state index contributed by atoms with van der Waals surface area (Å²) in [6, 6.07) is 6.27. The Morgan fingerprint density at radius 3 is 2.19 bits per heavy atom. The van der Waals surface area contributed by atoms with Crippen LogP contribution in [0.5, 0.6) is 0 Å². The van der Waals surface area contributed by atoms with Gasteiger partial charge in [-0.25, -0.2) is 4.79 Å². The van der Waals surface area contributed by atoms with E-state index in [2.05, 4.69) is 22.3 Å². The molecule has 0 saturated heterocycles. The molecule has 2 atom stereocenters. The normalized spacial score (nSPS) is 12.7. The molecule has 0 fully saturated rings. The summed E-state index contributed by atoms with van der Waals surface area (Å²) in [4.78, 5) is 52.4. The molecule has 0 aliphatic carbocycles. The molecule has 10 nitrogen and oxygen atoms in total. The van der Waals surface area contributed by atoms with Gasteiger partial charge in [0.05, 0.1) is 13.7 Å². The Kier molecular flexibility index (Phi) is 14.3. The highest BCUT2D eigenvalue weighted by molar-refractivity contribution is 5.93. The Labute approximate surface area is 220 Å². The van der Waals surface area contributed by atoms with E-state index in [9.17, 15) is 24.3 Å². The minimum atomic E-state index is -1.32. The van der Waals surface area contributed by atoms with Gasteiger partial charge in [0.15, 0.2) is 0 Å². The van der Waals surface area contributed by atoms with E-state index in [0.717, 1.165) is 32.1 Å². The van der Waals surface area contributed by atoms with Gasteiger partial charge in [-0.3, -0.25) is 14.4 Å². The molecule has 0 spiro atoms. The third kappa shape index (κ3) is 12.1. The minimum absolute atomic E-state index is 0.211. The van der Waals surface area contributed by atoms with Crippen LogP contribution in [0, 0.1) is 0 Å². The maximum atomic E-state index is 13.7. The summed E-state index contributed by atoms with van der Waals surface area (Å²) in [6.45, 7) is 6.35. The highest BCUT2D eigenvalue weighted by atomic mass is 16.6. The summed E-state index contributed by atoms with van der Waals surface area (Å²) in [7, 11) is 1.21. The number of aliphatic hydroxyl groups excluding tert-OH is 1. The van der Waals surface area contributed by atoms with Crippen LogP contribution in [-0.2, 0) is 23.9 Å². The average Bonchev–Trinajstić information content (AvgIpc) is 2.86. The minimum Gasteiger partial charge on any atom is -0.468 e. The molecular formula is C27H43N3O7. The topological polar surface area (TPSA) is 134 Å². The van der Waals surface area contributed by atoms with E-state index in [4.69, 9.17) is 4.74 Å². The fraction of sp³-hybridized carbons (Fsp3) is 0.630. The van der Waals surface area contributed by atoms with Crippen LogP contribution in [0.2, 0.25) is 0 Å². The first-order valence-corrected chi connectivity index (χ1v) is 12.8. The first-order valence-electron chi connectivity index (χ1n) is 12.8. The van der Waals surface area contributed by atoms with Crippen LogP contribution >= 0.6 is 0 Å². The molecular weight excluding hydrogens is 478 g/mol. The zero-order chi connectivity index (χ0) is 27.8. The largest absolute Gasteiger partial charge is 0.468 e. The summed E-state index contributed by atoms with van der Waals surface area (Å²) in [5.74, 6) is -1.84. The Bertz CT molecular complexity index is 855. The van der Waals surface area contributed by atoms with Gasteiger partial charge >= 0.3 is 12.1 Å². The Balaban J connectivity index is 3.26. The van der Waals surface area contributed by atoms with Crippen LogP contribution in [0.25, 0.3) is 0 Å². The van der Waals surface area contributed by atoms with Gasteiger partial charge in [0, 0.05) is 6.54 Å². The number of amides is 3. The summed E-state index contributed by atoms with van der Waals surface area (Å²) in [5.41, 5.74) is -0.274. The van der Waals surface area contributed by atoms with Crippen molar-refractivity contribution in [1.82, 2.24) is 15.5 Å². The van der Waals surface area contributed by atoms with Crippen molar-refractivity contribution in [3.8, 4) is 0 Å². The van der Waals surface area contributed by atoms with Gasteiger partial charge in [-0.2, -0.15) is 0 Å². The quantitative estimate of drug-likeness (QED) is 0.238. The van der Waals surface area contributed by atoms with Gasteiger partial charge in [0.25, 0.3) is 0 Å². The molecule has 0 bridgehead atoms. The molecule has 1 aromatic carbocycles. The summed E-state index contributed by atoms with van der Waals surface area (Å²) >= 11 is 0. The highest BCUT2D eigenvalue weighted by Crippen LogP contribution is 2.23. The van der Waals surface area contributed by atoms with Crippen molar-refractivity contribution in [1.29, 1.82) is 0 Å². The van der Waals surface area contributed by atoms with Gasteiger partial charge < -0.3 is 30.1 Å². The fourth-order valence-electron chi connectivity index (χ4n) is 3.70. The number of nitrogens with zero attached hydrogens (tertiary/aromatic N) is 1. The SMILES string of the molecule is CCCCCCCCN(C(=O)C(CO)NC(=O)OC(C)(C)C)C(C(=O)NCC(=O)OC)c1ccccc1. The Morgan fingerprint density at radius 1 is 1.00 bits per heavy atom. The number of nitrogens with one attached hydrogen (secondary N) is 2. The van der Waals surface area contributed by atoms with Crippen molar-refractivity contribution >= 4 is 23.9 Å². The maximum Gasteiger partial charge on any atom is 0.408 e. The first kappa shape index (κ1) is 31.9. The fourth-order valence-corrected chi connectivity index (χ4v) is 3.70. The number of esters is 1. The number of benzene rings is 1. The highest BCUT2D eigenvalue weighted by Gasteiger charge is 2.36. The smallest absolute Gasteiger partial charge is 0.408 e. The number of alkyl carbamates (subject to hydrolysis) is 1. The van der Waals surface area contributed by atoms with Crippen LogP contribution in [0.1, 0.15) is 77.8 Å². The van der Waals surface area contributed by atoms with E-state index >= 15 is 0 Å². The third-order valence-corrected chi connectivity index (χ3v) is 5.52. The molecule has 3 N–H and O–H groups in total. The second kappa shape index (κ2) is 16.6. The van der Waals surface area contributed by atoms with E-state index in [1.54, 1.807) is 51.1 Å². The molecule has 1 aromatic rings. The zero-order valence-electron chi connectivity index (χ0n) is 22.7. The molecule has 0 radical (unpaired) electrons. The molecule has 0 saturated carbocycles. The number of aliphatic hydroxyl groups is 1. The second-order valence-corrected chi connectivity index (χ2v) is 9.79. The van der Waals surface area contributed by atoms with Crippen LogP contribution in [0.4, 0.5) is 4.79 Å². The Morgan fingerprint density at radius 2 is 1.62 bits per heavy atom. The van der Waals surface area contributed by atoms with Crippen LogP contribution in [-0.4, -0.2) is 72.3 Å². The monoisotopic (exact) mass is 521 g/mol. The number of rotatable bonds is 15. The number of carbonyl (C=O) groups is 4. The molecule has 208 valence electrons. The lowest BCUT2D eigenvalue weighted by Crippen LogP contribution is -2.54. The Hall–Kier alpha value is -3.14. The number of carbonyl (C=O) groups excluding carboxylic acids is 4. The van der Waals surface area contributed by atoms with Crippen molar-refractivity contribution in [3.05, 3.63) is 35.9 Å². The van der Waals surface area contributed by atoms with E-state index < -0.39 is 48.2 Å². The van der Waals surface area contributed by atoms with E-state index in [1.165, 1.54) is 12.0 Å². The molecule has 2 unspecified atom stereocenters. The predicted molar refractivity (Wildman–Crippen MR) is 140 cm³/mol. The van der Waals surface area contributed by atoms with Gasteiger partial charge in [0.2, 0.25) is 11.8 Å². The number of methoxy groups -OCH3 is 1. The van der Waals surface area contributed by atoms with E-state index in [-0.39, 0.29) is 13.1 Å². The molecule has 0 aromatic heterocycles. The van der Waals surface area contributed by atoms with Gasteiger partial charge in [-0.05, 0) is 32.8 Å². The number of hydrogen-bond donors (Lipinski definition) is 3. The molecule has 37 heavy (non-hydrogen) atoms. The maximum absolute atomic E-state index is 13.7. The molecule has 3 amide bonds. The van der Waals surface area contributed by atoms with E-state index in [1.807, 2.05) is 0 Å². The summed E-state index contributed by atoms with van der Waals surface area (Å²) in [5, 5.41) is 14.9.